The van der Waals surface area contributed by atoms with Crippen molar-refractivity contribution in [1.82, 2.24) is 0 Å². The Morgan fingerprint density at radius 2 is 2.00 bits per heavy atom. The number of nitrogens with zero attached hydrogens (tertiary/aromatic N) is 1. The zero-order chi connectivity index (χ0) is 14.6. The van der Waals surface area contributed by atoms with E-state index in [4.69, 9.17) is 0 Å². The lowest BCUT2D eigenvalue weighted by Gasteiger charge is -2.05. The van der Waals surface area contributed by atoms with Crippen molar-refractivity contribution in [2.75, 3.05) is 7.11 Å². The van der Waals surface area contributed by atoms with Crippen LogP contribution in [0.15, 0.2) is 18.2 Å². The first-order valence-electron chi connectivity index (χ1n) is 5.64. The summed E-state index contributed by atoms with van der Waals surface area (Å²) >= 11 is 0. The number of carbonyl (C=O) groups excluding carboxylic acids is 1. The average Bonchev–Trinajstić information content (AvgIpc) is 2.34. The summed E-state index contributed by atoms with van der Waals surface area (Å²) in [4.78, 5) is 21.8. The van der Waals surface area contributed by atoms with Gasteiger partial charge in [0.25, 0.3) is 5.69 Å². The van der Waals surface area contributed by atoms with Crippen LogP contribution >= 0.6 is 0 Å². The molecule has 0 radical (unpaired) electrons. The van der Waals surface area contributed by atoms with Crippen molar-refractivity contribution in [3.8, 4) is 11.5 Å². The third kappa shape index (κ3) is 4.23. The second kappa shape index (κ2) is 5.67. The molecule has 1 rings (SSSR count). The molecule has 0 bridgehead atoms. The van der Waals surface area contributed by atoms with Gasteiger partial charge in [0.1, 0.15) is 8.07 Å². The minimum Gasteiger partial charge on any atom is -0.465 e. The van der Waals surface area contributed by atoms with Gasteiger partial charge in [-0.05, 0) is 6.07 Å². The first-order chi connectivity index (χ1) is 8.74. The Morgan fingerprint density at radius 3 is 2.47 bits per heavy atom. The second-order valence-electron chi connectivity index (χ2n) is 4.98. The standard InChI is InChI=1S/C13H15NO4Si/c1-18-13(15)12-9-11(14(16)17)6-5-10(12)7-8-19(2,3)4/h5-6,9H,1-4H3. The number of esters is 1. The Bertz CT molecular complexity index is 579. The molecule has 0 unspecified atom stereocenters. The topological polar surface area (TPSA) is 69.4 Å². The van der Waals surface area contributed by atoms with Gasteiger partial charge in [0.15, 0.2) is 0 Å². The third-order valence-electron chi connectivity index (χ3n) is 2.19. The monoisotopic (exact) mass is 277 g/mol. The maximum atomic E-state index is 11.6. The second-order valence-corrected chi connectivity index (χ2v) is 9.73. The number of methoxy groups -OCH3 is 1. The van der Waals surface area contributed by atoms with Crippen molar-refractivity contribution in [1.29, 1.82) is 0 Å². The Hall–Kier alpha value is -2.13. The van der Waals surface area contributed by atoms with Gasteiger partial charge in [-0.3, -0.25) is 10.1 Å². The van der Waals surface area contributed by atoms with Crippen LogP contribution in [-0.4, -0.2) is 26.1 Å². The highest BCUT2D eigenvalue weighted by Crippen LogP contribution is 2.18. The molecule has 5 nitrogen and oxygen atoms in total. The molecule has 0 spiro atoms. The summed E-state index contributed by atoms with van der Waals surface area (Å²) in [7, 11) is -0.357. The summed E-state index contributed by atoms with van der Waals surface area (Å²) in [6.07, 6.45) is 0. The Kier molecular flexibility index (Phi) is 4.46. The summed E-state index contributed by atoms with van der Waals surface area (Å²) in [6.45, 7) is 6.22. The molecule has 0 aromatic heterocycles. The molecule has 0 N–H and O–H groups in total. The predicted molar refractivity (Wildman–Crippen MR) is 74.7 cm³/mol. The zero-order valence-electron chi connectivity index (χ0n) is 11.3. The van der Waals surface area contributed by atoms with Crippen LogP contribution in [0.5, 0.6) is 0 Å². The molecule has 0 amide bonds. The van der Waals surface area contributed by atoms with E-state index in [1.165, 1.54) is 25.3 Å². The van der Waals surface area contributed by atoms with E-state index in [2.05, 4.69) is 35.8 Å². The van der Waals surface area contributed by atoms with Crippen molar-refractivity contribution in [2.45, 2.75) is 19.6 Å². The number of nitro benzene ring substituents is 1. The molecule has 1 aromatic carbocycles. The minimum atomic E-state index is -1.59. The van der Waals surface area contributed by atoms with Gasteiger partial charge >= 0.3 is 5.97 Å². The highest BCUT2D eigenvalue weighted by atomic mass is 28.3. The van der Waals surface area contributed by atoms with Crippen LogP contribution in [0.1, 0.15) is 15.9 Å². The molecule has 19 heavy (non-hydrogen) atoms. The van der Waals surface area contributed by atoms with Gasteiger partial charge in [-0.1, -0.05) is 25.6 Å². The molecule has 100 valence electrons. The van der Waals surface area contributed by atoms with Crippen LogP contribution in [0.2, 0.25) is 19.6 Å². The summed E-state index contributed by atoms with van der Waals surface area (Å²) in [6, 6.07) is 4.01. The number of ether oxygens (including phenoxy) is 1. The van der Waals surface area contributed by atoms with Gasteiger partial charge in [-0.15, -0.1) is 5.54 Å². The van der Waals surface area contributed by atoms with Gasteiger partial charge in [-0.25, -0.2) is 4.79 Å². The summed E-state index contributed by atoms with van der Waals surface area (Å²) in [5.41, 5.74) is 3.55. The van der Waals surface area contributed by atoms with Crippen LogP contribution in [0.4, 0.5) is 5.69 Å². The Balaban J connectivity index is 3.34. The molecule has 0 fully saturated rings. The Morgan fingerprint density at radius 1 is 1.37 bits per heavy atom. The molecular weight excluding hydrogens is 262 g/mol. The summed E-state index contributed by atoms with van der Waals surface area (Å²) in [5, 5.41) is 10.7. The van der Waals surface area contributed by atoms with Gasteiger partial charge in [-0.2, -0.15) is 0 Å². The number of hydrogen-bond donors (Lipinski definition) is 0. The molecule has 0 heterocycles. The number of non-ortho nitro benzene ring substituents is 1. The van der Waals surface area contributed by atoms with Gasteiger partial charge in [0.05, 0.1) is 17.6 Å². The molecule has 0 saturated carbocycles. The molecule has 0 aliphatic heterocycles. The first kappa shape index (κ1) is 14.9. The van der Waals surface area contributed by atoms with Crippen LogP contribution in [0.25, 0.3) is 0 Å². The molecular formula is C13H15NO4Si. The smallest absolute Gasteiger partial charge is 0.339 e. The minimum absolute atomic E-state index is 0.127. The fourth-order valence-electron chi connectivity index (χ4n) is 1.29. The van der Waals surface area contributed by atoms with Crippen molar-refractivity contribution >= 4 is 19.7 Å². The Labute approximate surface area is 112 Å². The molecule has 0 saturated heterocycles. The van der Waals surface area contributed by atoms with Crippen molar-refractivity contribution < 1.29 is 14.5 Å². The van der Waals surface area contributed by atoms with E-state index in [0.29, 0.717) is 5.56 Å². The average molecular weight is 277 g/mol. The van der Waals surface area contributed by atoms with Crippen molar-refractivity contribution in [3.05, 3.63) is 39.4 Å². The zero-order valence-corrected chi connectivity index (χ0v) is 12.3. The number of hydrogen-bond acceptors (Lipinski definition) is 4. The maximum absolute atomic E-state index is 11.6. The van der Waals surface area contributed by atoms with Crippen molar-refractivity contribution in [3.63, 3.8) is 0 Å². The van der Waals surface area contributed by atoms with E-state index in [9.17, 15) is 14.9 Å². The SMILES string of the molecule is COC(=O)c1cc([N+](=O)[O-])ccc1C#C[Si](C)(C)C. The molecule has 1 aromatic rings. The van der Waals surface area contributed by atoms with Crippen LogP contribution in [0.3, 0.4) is 0 Å². The normalized spacial score (nSPS) is 10.3. The van der Waals surface area contributed by atoms with E-state index < -0.39 is 19.0 Å². The lowest BCUT2D eigenvalue weighted by molar-refractivity contribution is -0.384. The van der Waals surface area contributed by atoms with E-state index in [1.807, 2.05) is 0 Å². The van der Waals surface area contributed by atoms with E-state index in [1.54, 1.807) is 0 Å². The quantitative estimate of drug-likeness (QED) is 0.274. The van der Waals surface area contributed by atoms with E-state index in [0.717, 1.165) is 0 Å². The maximum Gasteiger partial charge on any atom is 0.339 e. The van der Waals surface area contributed by atoms with Gasteiger partial charge in [0.2, 0.25) is 0 Å². The van der Waals surface area contributed by atoms with E-state index in [-0.39, 0.29) is 11.3 Å². The number of benzene rings is 1. The molecule has 0 aliphatic rings. The molecule has 6 heteroatoms. The highest BCUT2D eigenvalue weighted by molar-refractivity contribution is 6.83. The number of nitro groups is 1. The van der Waals surface area contributed by atoms with Crippen molar-refractivity contribution in [2.24, 2.45) is 0 Å². The number of carbonyl (C=O) groups is 1. The lowest BCUT2D eigenvalue weighted by atomic mass is 10.1. The van der Waals surface area contributed by atoms with Gasteiger partial charge in [0, 0.05) is 17.7 Å². The summed E-state index contributed by atoms with van der Waals surface area (Å²) < 4.78 is 4.63. The van der Waals surface area contributed by atoms with Gasteiger partial charge < -0.3 is 4.74 Å². The fourth-order valence-corrected chi connectivity index (χ4v) is 1.80. The van der Waals surface area contributed by atoms with Crippen LogP contribution < -0.4 is 0 Å². The third-order valence-corrected chi connectivity index (χ3v) is 3.07. The molecule has 0 atom stereocenters. The predicted octanol–water partition coefficient (Wildman–Crippen LogP) is 2.61. The largest absolute Gasteiger partial charge is 0.465 e. The van der Waals surface area contributed by atoms with Crippen LogP contribution in [0, 0.1) is 21.6 Å². The molecule has 0 aliphatic carbocycles. The first-order valence-corrected chi connectivity index (χ1v) is 9.14. The summed E-state index contributed by atoms with van der Waals surface area (Å²) in [5.74, 6) is 2.30. The van der Waals surface area contributed by atoms with Crippen LogP contribution in [-0.2, 0) is 4.74 Å². The highest BCUT2D eigenvalue weighted by Gasteiger charge is 2.16. The van der Waals surface area contributed by atoms with E-state index >= 15 is 0 Å². The fraction of sp³-hybridized carbons (Fsp3) is 0.308. The lowest BCUT2D eigenvalue weighted by Crippen LogP contribution is -2.16. The number of rotatable bonds is 2.